The summed E-state index contributed by atoms with van der Waals surface area (Å²) in [6.07, 6.45) is -3.05. The number of nitrogens with zero attached hydrogens (tertiary/aromatic N) is 3. The van der Waals surface area contributed by atoms with Gasteiger partial charge in [0.2, 0.25) is 5.95 Å². The first-order valence-electron chi connectivity index (χ1n) is 11.7. The van der Waals surface area contributed by atoms with Crippen LogP contribution >= 0.6 is 34.7 Å². The zero-order valence-corrected chi connectivity index (χ0v) is 21.7. The van der Waals surface area contributed by atoms with Crippen LogP contribution < -0.4 is 10.6 Å². The van der Waals surface area contributed by atoms with Crippen molar-refractivity contribution in [3.05, 3.63) is 51.0 Å². The van der Waals surface area contributed by atoms with E-state index < -0.39 is 11.7 Å². The number of carbonyl (C=O) groups excluding carboxylic acids is 1. The summed E-state index contributed by atoms with van der Waals surface area (Å²) in [5, 5.41) is 6.72. The lowest BCUT2D eigenvalue weighted by Crippen LogP contribution is -2.52. The Morgan fingerprint density at radius 3 is 2.81 bits per heavy atom. The van der Waals surface area contributed by atoms with Crippen LogP contribution in [0, 0.1) is 0 Å². The number of hydrogen-bond acceptors (Lipinski definition) is 8. The first-order valence-corrected chi connectivity index (χ1v) is 13.8. The summed E-state index contributed by atoms with van der Waals surface area (Å²) >= 11 is 8.95. The van der Waals surface area contributed by atoms with Crippen LogP contribution in [0.1, 0.15) is 26.4 Å². The Morgan fingerprint density at radius 1 is 1.22 bits per heavy atom. The Morgan fingerprint density at radius 2 is 2.05 bits per heavy atom. The summed E-state index contributed by atoms with van der Waals surface area (Å²) in [7, 11) is 0. The summed E-state index contributed by atoms with van der Waals surface area (Å²) in [5.74, 6) is 0.462. The second-order valence-electron chi connectivity index (χ2n) is 8.95. The van der Waals surface area contributed by atoms with Crippen molar-refractivity contribution in [3.8, 4) is 10.6 Å². The number of thioether (sulfide) groups is 1. The average Bonchev–Trinajstić information content (AvgIpc) is 3.19. The van der Waals surface area contributed by atoms with E-state index in [9.17, 15) is 18.0 Å². The number of hydrogen-bond donors (Lipinski definition) is 2. The predicted octanol–water partition coefficient (Wildman–Crippen LogP) is 5.21. The molecule has 1 aromatic carbocycles. The number of halogens is 4. The van der Waals surface area contributed by atoms with Crippen molar-refractivity contribution < 1.29 is 22.7 Å². The molecule has 6 rings (SSSR count). The largest absolute Gasteiger partial charge is 0.420 e. The Bertz CT molecular complexity index is 1380. The fourth-order valence-corrected chi connectivity index (χ4v) is 7.09. The fourth-order valence-electron chi connectivity index (χ4n) is 4.54. The summed E-state index contributed by atoms with van der Waals surface area (Å²) in [4.78, 5) is 24.6. The van der Waals surface area contributed by atoms with E-state index >= 15 is 0 Å². The van der Waals surface area contributed by atoms with Gasteiger partial charge in [-0.2, -0.15) is 13.2 Å². The first kappa shape index (κ1) is 24.9. The standard InChI is InChI=1S/C24H21ClF3N5O2S2/c25-16-5-12-1-2-29-8-13(12)6-17(16)31-23-30-9-15(24(26,27)28)20(32-23)18-7-19-21(37-18)22(34)33(3-4-36-19)14-10-35-11-14/h5-7,9,14,29H,1-4,8,10-11H2,(H,30,31,32). The molecule has 0 saturated carbocycles. The lowest BCUT2D eigenvalue weighted by Gasteiger charge is -2.36. The SMILES string of the molecule is O=C1c2sc(-c3nc(Nc4cc5c(cc4Cl)CCNC5)ncc3C(F)(F)F)cc2SCCN1C1COC1. The maximum atomic E-state index is 14.0. The minimum atomic E-state index is -4.67. The molecule has 13 heteroatoms. The van der Waals surface area contributed by atoms with Gasteiger partial charge in [-0.05, 0) is 42.3 Å². The molecule has 3 aliphatic heterocycles. The molecule has 0 atom stereocenters. The average molecular weight is 568 g/mol. The van der Waals surface area contributed by atoms with Crippen molar-refractivity contribution in [1.82, 2.24) is 20.2 Å². The molecule has 1 fully saturated rings. The Balaban J connectivity index is 1.37. The first-order chi connectivity index (χ1) is 17.8. The van der Waals surface area contributed by atoms with E-state index in [0.29, 0.717) is 52.5 Å². The molecule has 0 bridgehead atoms. The zero-order chi connectivity index (χ0) is 25.7. The van der Waals surface area contributed by atoms with Crippen molar-refractivity contribution in [2.75, 3.05) is 37.4 Å². The van der Waals surface area contributed by atoms with Crippen molar-refractivity contribution in [1.29, 1.82) is 0 Å². The van der Waals surface area contributed by atoms with Gasteiger partial charge < -0.3 is 20.3 Å². The van der Waals surface area contributed by atoms with Crippen molar-refractivity contribution in [3.63, 3.8) is 0 Å². The predicted molar refractivity (Wildman–Crippen MR) is 137 cm³/mol. The number of carbonyl (C=O) groups is 1. The van der Waals surface area contributed by atoms with Crippen LogP contribution in [0.25, 0.3) is 10.6 Å². The molecular formula is C24H21ClF3N5O2S2. The smallest absolute Gasteiger partial charge is 0.377 e. The van der Waals surface area contributed by atoms with E-state index in [1.165, 1.54) is 11.8 Å². The fraction of sp³-hybridized carbons (Fsp3) is 0.375. The molecule has 0 spiro atoms. The van der Waals surface area contributed by atoms with E-state index in [4.69, 9.17) is 16.3 Å². The van der Waals surface area contributed by atoms with E-state index in [-0.39, 0.29) is 28.5 Å². The number of rotatable bonds is 4. The van der Waals surface area contributed by atoms with E-state index in [1.54, 1.807) is 11.0 Å². The van der Waals surface area contributed by atoms with Crippen molar-refractivity contribution >= 4 is 52.2 Å². The van der Waals surface area contributed by atoms with E-state index in [0.717, 1.165) is 41.6 Å². The van der Waals surface area contributed by atoms with Crippen LogP contribution in [-0.4, -0.2) is 58.9 Å². The molecule has 0 aliphatic carbocycles. The molecule has 0 radical (unpaired) electrons. The van der Waals surface area contributed by atoms with Gasteiger partial charge >= 0.3 is 6.18 Å². The molecule has 2 N–H and O–H groups in total. The highest BCUT2D eigenvalue weighted by Crippen LogP contribution is 2.44. The Kier molecular flexibility index (Phi) is 6.56. The second kappa shape index (κ2) is 9.73. The second-order valence-corrected chi connectivity index (χ2v) is 11.5. The van der Waals surface area contributed by atoms with Gasteiger partial charge in [-0.25, -0.2) is 9.97 Å². The third-order valence-corrected chi connectivity index (χ3v) is 9.15. The number of alkyl halides is 3. The number of nitrogens with one attached hydrogen (secondary N) is 2. The lowest BCUT2D eigenvalue weighted by atomic mass is 10.0. The maximum Gasteiger partial charge on any atom is 0.420 e. The number of ether oxygens (including phenoxy) is 1. The molecule has 2 aromatic heterocycles. The summed E-state index contributed by atoms with van der Waals surface area (Å²) in [6, 6.07) is 5.36. The Labute approximate surface area is 223 Å². The number of aromatic nitrogens is 2. The van der Waals surface area contributed by atoms with Gasteiger partial charge in [0.1, 0.15) is 10.4 Å². The molecule has 3 aromatic rings. The molecule has 1 saturated heterocycles. The maximum absolute atomic E-state index is 14.0. The number of amides is 1. The number of thiophene rings is 1. The highest BCUT2D eigenvalue weighted by molar-refractivity contribution is 7.99. The Hall–Kier alpha value is -2.38. The van der Waals surface area contributed by atoms with Gasteiger partial charge in [0, 0.05) is 29.9 Å². The minimum absolute atomic E-state index is 0.00163. The highest BCUT2D eigenvalue weighted by atomic mass is 35.5. The molecule has 37 heavy (non-hydrogen) atoms. The van der Waals surface area contributed by atoms with Gasteiger partial charge in [-0.3, -0.25) is 4.79 Å². The lowest BCUT2D eigenvalue weighted by molar-refractivity contribution is -0.137. The summed E-state index contributed by atoms with van der Waals surface area (Å²) in [5.41, 5.74) is 1.47. The van der Waals surface area contributed by atoms with Crippen LogP contribution in [0.4, 0.5) is 24.8 Å². The van der Waals surface area contributed by atoms with Gasteiger partial charge in [-0.15, -0.1) is 23.1 Å². The van der Waals surface area contributed by atoms with Crippen LogP contribution in [-0.2, 0) is 23.9 Å². The van der Waals surface area contributed by atoms with Crippen LogP contribution in [0.15, 0.2) is 29.3 Å². The van der Waals surface area contributed by atoms with Gasteiger partial charge in [0.15, 0.2) is 0 Å². The van der Waals surface area contributed by atoms with Crippen molar-refractivity contribution in [2.45, 2.75) is 30.1 Å². The van der Waals surface area contributed by atoms with Crippen LogP contribution in [0.2, 0.25) is 5.02 Å². The molecule has 194 valence electrons. The molecule has 1 amide bonds. The third kappa shape index (κ3) is 4.81. The molecule has 0 unspecified atom stereocenters. The van der Waals surface area contributed by atoms with Crippen molar-refractivity contribution in [2.24, 2.45) is 0 Å². The summed E-state index contributed by atoms with van der Waals surface area (Å²) < 4.78 is 47.2. The monoisotopic (exact) mass is 567 g/mol. The minimum Gasteiger partial charge on any atom is -0.377 e. The summed E-state index contributed by atoms with van der Waals surface area (Å²) in [6.45, 7) is 3.06. The number of benzene rings is 1. The van der Waals surface area contributed by atoms with E-state index in [1.807, 2.05) is 12.1 Å². The normalized spacial score (nSPS) is 18.2. The number of anilines is 2. The van der Waals surface area contributed by atoms with Gasteiger partial charge in [0.25, 0.3) is 5.91 Å². The molecule has 5 heterocycles. The zero-order valence-electron chi connectivity index (χ0n) is 19.3. The van der Waals surface area contributed by atoms with Gasteiger partial charge in [-0.1, -0.05) is 11.6 Å². The topological polar surface area (TPSA) is 79.4 Å². The van der Waals surface area contributed by atoms with Crippen LogP contribution in [0.5, 0.6) is 0 Å². The molecular weight excluding hydrogens is 547 g/mol. The number of fused-ring (bicyclic) bond motifs is 2. The van der Waals surface area contributed by atoms with E-state index in [2.05, 4.69) is 20.6 Å². The van der Waals surface area contributed by atoms with Gasteiger partial charge in [0.05, 0.1) is 40.5 Å². The molecule has 7 nitrogen and oxygen atoms in total. The highest BCUT2D eigenvalue weighted by Gasteiger charge is 2.38. The molecule has 3 aliphatic rings. The van der Waals surface area contributed by atoms with Crippen LogP contribution in [0.3, 0.4) is 0 Å². The quantitative estimate of drug-likeness (QED) is 0.448. The third-order valence-electron chi connectivity index (χ3n) is 6.55.